The van der Waals surface area contributed by atoms with Gasteiger partial charge in [-0.2, -0.15) is 0 Å². The molecule has 0 bridgehead atoms. The number of aliphatic hydroxyl groups excluding tert-OH is 1. The molecule has 0 aromatic heterocycles. The van der Waals surface area contributed by atoms with Crippen LogP contribution < -0.4 is 5.73 Å². The number of amides is 1. The summed E-state index contributed by atoms with van der Waals surface area (Å²) in [6.45, 7) is 0.935. The Balaban J connectivity index is 1.93. The number of rotatable bonds is 2. The number of hydrogen-bond acceptors (Lipinski definition) is 3. The zero-order chi connectivity index (χ0) is 12.3. The fraction of sp³-hybridized carbons (Fsp3) is 0.923. The lowest BCUT2D eigenvalue weighted by Gasteiger charge is -2.38. The van der Waals surface area contributed by atoms with Gasteiger partial charge in [0.25, 0.3) is 0 Å². The fourth-order valence-corrected chi connectivity index (χ4v) is 3.08. The molecule has 2 rings (SSSR count). The third kappa shape index (κ3) is 2.99. The Kier molecular flexibility index (Phi) is 4.40. The molecular weight excluding hydrogens is 216 g/mol. The average Bonchev–Trinajstić information content (AvgIpc) is 2.39. The first kappa shape index (κ1) is 12.8. The summed E-state index contributed by atoms with van der Waals surface area (Å²) in [5.41, 5.74) is 5.86. The van der Waals surface area contributed by atoms with Gasteiger partial charge >= 0.3 is 0 Å². The summed E-state index contributed by atoms with van der Waals surface area (Å²) in [6, 6.07) is 0.348. The average molecular weight is 240 g/mol. The van der Waals surface area contributed by atoms with Crippen LogP contribution in [-0.2, 0) is 4.79 Å². The smallest absolute Gasteiger partial charge is 0.226 e. The van der Waals surface area contributed by atoms with E-state index < -0.39 is 0 Å². The summed E-state index contributed by atoms with van der Waals surface area (Å²) < 4.78 is 0. The van der Waals surface area contributed by atoms with E-state index in [1.54, 1.807) is 0 Å². The van der Waals surface area contributed by atoms with Crippen LogP contribution in [0.1, 0.15) is 44.9 Å². The Hall–Kier alpha value is -0.610. The minimum atomic E-state index is 0.0619. The molecule has 1 atom stereocenters. The van der Waals surface area contributed by atoms with Crippen LogP contribution in [0.3, 0.4) is 0 Å². The number of aliphatic hydroxyl groups is 1. The zero-order valence-corrected chi connectivity index (χ0v) is 10.5. The normalized spacial score (nSPS) is 34.7. The van der Waals surface area contributed by atoms with E-state index in [2.05, 4.69) is 0 Å². The van der Waals surface area contributed by atoms with E-state index in [-0.39, 0.29) is 30.5 Å². The van der Waals surface area contributed by atoms with Gasteiger partial charge in [0, 0.05) is 18.5 Å². The Morgan fingerprint density at radius 3 is 2.53 bits per heavy atom. The van der Waals surface area contributed by atoms with Crippen molar-refractivity contribution in [2.24, 2.45) is 11.7 Å². The third-order valence-electron chi connectivity index (χ3n) is 4.24. The van der Waals surface area contributed by atoms with Crippen LogP contribution in [0, 0.1) is 5.92 Å². The molecular formula is C13H24N2O2. The van der Waals surface area contributed by atoms with Gasteiger partial charge in [-0.05, 0) is 44.9 Å². The molecule has 1 heterocycles. The van der Waals surface area contributed by atoms with Gasteiger partial charge in [0.05, 0.1) is 12.6 Å². The summed E-state index contributed by atoms with van der Waals surface area (Å²) in [6.07, 6.45) is 6.94. The van der Waals surface area contributed by atoms with E-state index in [0.717, 1.165) is 51.5 Å². The van der Waals surface area contributed by atoms with Crippen molar-refractivity contribution in [1.29, 1.82) is 0 Å². The molecule has 1 aliphatic heterocycles. The van der Waals surface area contributed by atoms with Gasteiger partial charge in [-0.15, -0.1) is 0 Å². The monoisotopic (exact) mass is 240 g/mol. The van der Waals surface area contributed by atoms with Crippen LogP contribution >= 0.6 is 0 Å². The van der Waals surface area contributed by atoms with Gasteiger partial charge in [0.1, 0.15) is 0 Å². The van der Waals surface area contributed by atoms with E-state index in [0.29, 0.717) is 0 Å². The van der Waals surface area contributed by atoms with E-state index in [4.69, 9.17) is 5.73 Å². The topological polar surface area (TPSA) is 66.6 Å². The van der Waals surface area contributed by atoms with Crippen molar-refractivity contribution in [2.45, 2.75) is 57.0 Å². The molecule has 1 aliphatic carbocycles. The molecule has 2 aliphatic rings. The highest BCUT2D eigenvalue weighted by Gasteiger charge is 2.32. The molecule has 2 fully saturated rings. The SMILES string of the molecule is NC1CCC(C(=O)N2CCCCC2CO)CC1. The second kappa shape index (κ2) is 5.83. The van der Waals surface area contributed by atoms with Crippen molar-refractivity contribution < 1.29 is 9.90 Å². The van der Waals surface area contributed by atoms with Crippen LogP contribution in [0.25, 0.3) is 0 Å². The molecule has 0 spiro atoms. The Morgan fingerprint density at radius 2 is 1.88 bits per heavy atom. The number of nitrogens with zero attached hydrogens (tertiary/aromatic N) is 1. The second-order valence-corrected chi connectivity index (χ2v) is 5.48. The maximum atomic E-state index is 12.4. The third-order valence-corrected chi connectivity index (χ3v) is 4.24. The first-order valence-electron chi connectivity index (χ1n) is 6.89. The summed E-state index contributed by atoms with van der Waals surface area (Å²) in [7, 11) is 0. The zero-order valence-electron chi connectivity index (χ0n) is 10.5. The van der Waals surface area contributed by atoms with E-state index in [1.165, 1.54) is 0 Å². The summed E-state index contributed by atoms with van der Waals surface area (Å²) in [4.78, 5) is 14.3. The molecule has 0 aromatic carbocycles. The molecule has 3 N–H and O–H groups in total. The van der Waals surface area contributed by atoms with E-state index >= 15 is 0 Å². The molecule has 0 aromatic rings. The predicted octanol–water partition coefficient (Wildman–Crippen LogP) is 0.877. The summed E-state index contributed by atoms with van der Waals surface area (Å²) in [5.74, 6) is 0.414. The molecule has 1 amide bonds. The van der Waals surface area contributed by atoms with Crippen molar-refractivity contribution in [3.05, 3.63) is 0 Å². The van der Waals surface area contributed by atoms with Crippen LogP contribution in [0.15, 0.2) is 0 Å². The van der Waals surface area contributed by atoms with Gasteiger partial charge < -0.3 is 15.7 Å². The Labute approximate surface area is 103 Å². The number of carbonyl (C=O) groups excluding carboxylic acids is 1. The van der Waals surface area contributed by atoms with Gasteiger partial charge in [-0.3, -0.25) is 4.79 Å². The lowest BCUT2D eigenvalue weighted by atomic mass is 9.85. The lowest BCUT2D eigenvalue weighted by Crippen LogP contribution is -2.49. The van der Waals surface area contributed by atoms with Crippen molar-refractivity contribution in [3.8, 4) is 0 Å². The lowest BCUT2D eigenvalue weighted by molar-refractivity contribution is -0.141. The molecule has 4 heteroatoms. The van der Waals surface area contributed by atoms with Gasteiger partial charge in [0.15, 0.2) is 0 Å². The molecule has 4 nitrogen and oxygen atoms in total. The highest BCUT2D eigenvalue weighted by Crippen LogP contribution is 2.27. The first-order chi connectivity index (χ1) is 8.22. The Bertz CT molecular complexity index is 262. The summed E-state index contributed by atoms with van der Waals surface area (Å²) in [5, 5.41) is 9.34. The number of nitrogens with two attached hydrogens (primary N) is 1. The highest BCUT2D eigenvalue weighted by atomic mass is 16.3. The minimum Gasteiger partial charge on any atom is -0.394 e. The number of likely N-dealkylation sites (tertiary alicyclic amines) is 1. The summed E-state index contributed by atoms with van der Waals surface area (Å²) >= 11 is 0. The molecule has 1 unspecified atom stereocenters. The molecule has 0 radical (unpaired) electrons. The van der Waals surface area contributed by atoms with Gasteiger partial charge in [-0.1, -0.05) is 0 Å². The Morgan fingerprint density at radius 1 is 1.18 bits per heavy atom. The molecule has 1 saturated carbocycles. The van der Waals surface area contributed by atoms with Crippen molar-refractivity contribution in [2.75, 3.05) is 13.2 Å². The number of piperidine rings is 1. The van der Waals surface area contributed by atoms with E-state index in [1.807, 2.05) is 4.90 Å². The van der Waals surface area contributed by atoms with Crippen LogP contribution in [0.4, 0.5) is 0 Å². The first-order valence-corrected chi connectivity index (χ1v) is 6.89. The van der Waals surface area contributed by atoms with Crippen molar-refractivity contribution in [1.82, 2.24) is 4.90 Å². The minimum absolute atomic E-state index is 0.0619. The standard InChI is InChI=1S/C13H24N2O2/c14-11-6-4-10(5-7-11)13(17)15-8-2-1-3-12(15)9-16/h10-12,16H,1-9,14H2. The van der Waals surface area contributed by atoms with Crippen LogP contribution in [0.5, 0.6) is 0 Å². The fourth-order valence-electron chi connectivity index (χ4n) is 3.08. The largest absolute Gasteiger partial charge is 0.394 e. The quantitative estimate of drug-likeness (QED) is 0.753. The van der Waals surface area contributed by atoms with Crippen molar-refractivity contribution in [3.63, 3.8) is 0 Å². The molecule has 98 valence electrons. The van der Waals surface area contributed by atoms with Gasteiger partial charge in [-0.25, -0.2) is 0 Å². The number of hydrogen-bond donors (Lipinski definition) is 2. The maximum Gasteiger partial charge on any atom is 0.226 e. The van der Waals surface area contributed by atoms with Crippen LogP contribution in [0.2, 0.25) is 0 Å². The molecule has 17 heavy (non-hydrogen) atoms. The maximum absolute atomic E-state index is 12.4. The van der Waals surface area contributed by atoms with E-state index in [9.17, 15) is 9.90 Å². The second-order valence-electron chi connectivity index (χ2n) is 5.48. The number of carbonyl (C=O) groups is 1. The van der Waals surface area contributed by atoms with Crippen molar-refractivity contribution >= 4 is 5.91 Å². The van der Waals surface area contributed by atoms with Crippen LogP contribution in [-0.4, -0.2) is 41.1 Å². The predicted molar refractivity (Wildman–Crippen MR) is 66.4 cm³/mol. The van der Waals surface area contributed by atoms with Gasteiger partial charge in [0.2, 0.25) is 5.91 Å². The molecule has 1 saturated heterocycles. The highest BCUT2D eigenvalue weighted by molar-refractivity contribution is 5.79.